The molecule has 3 N–H and O–H groups in total. The van der Waals surface area contributed by atoms with Crippen molar-refractivity contribution in [1.29, 1.82) is 0 Å². The molecular formula is C11H16F2N2. The Morgan fingerprint density at radius 3 is 2.53 bits per heavy atom. The maximum atomic E-state index is 13.5. The first-order valence-electron chi connectivity index (χ1n) is 4.88. The quantitative estimate of drug-likeness (QED) is 0.807. The number of anilines is 1. The molecule has 1 rings (SSSR count). The fourth-order valence-corrected chi connectivity index (χ4v) is 1.24. The smallest absolute Gasteiger partial charge is 0.146 e. The standard InChI is InChI=1S/C11H16F2N2/c1-11(2,13)8-3-4-10(9(12)7-8)15-6-5-14/h3-4,7,15H,5-6,14H2,1-2H3. The van der Waals surface area contributed by atoms with E-state index in [2.05, 4.69) is 5.32 Å². The van der Waals surface area contributed by atoms with E-state index in [-0.39, 0.29) is 0 Å². The second kappa shape index (κ2) is 4.57. The van der Waals surface area contributed by atoms with Crippen LogP contribution < -0.4 is 11.1 Å². The lowest BCUT2D eigenvalue weighted by Gasteiger charge is -2.16. The van der Waals surface area contributed by atoms with Crippen LogP contribution in [0.25, 0.3) is 0 Å². The molecule has 0 unspecified atom stereocenters. The first-order valence-corrected chi connectivity index (χ1v) is 4.88. The first-order chi connectivity index (χ1) is 6.95. The van der Waals surface area contributed by atoms with E-state index in [4.69, 9.17) is 5.73 Å². The average Bonchev–Trinajstić information content (AvgIpc) is 2.14. The molecule has 1 aromatic carbocycles. The Hall–Kier alpha value is -1.16. The molecule has 0 aromatic heterocycles. The number of nitrogens with one attached hydrogen (secondary N) is 1. The van der Waals surface area contributed by atoms with Gasteiger partial charge >= 0.3 is 0 Å². The molecule has 0 spiro atoms. The normalized spacial score (nSPS) is 11.5. The summed E-state index contributed by atoms with van der Waals surface area (Å²) in [6, 6.07) is 4.31. The van der Waals surface area contributed by atoms with Gasteiger partial charge in [0, 0.05) is 13.1 Å². The van der Waals surface area contributed by atoms with Crippen LogP contribution in [-0.2, 0) is 5.67 Å². The van der Waals surface area contributed by atoms with Crippen molar-refractivity contribution in [3.8, 4) is 0 Å². The molecule has 2 nitrogen and oxygen atoms in total. The van der Waals surface area contributed by atoms with Gasteiger partial charge in [0.05, 0.1) is 5.69 Å². The van der Waals surface area contributed by atoms with E-state index in [1.54, 1.807) is 6.07 Å². The topological polar surface area (TPSA) is 38.0 Å². The summed E-state index contributed by atoms with van der Waals surface area (Å²) in [5, 5.41) is 2.82. The molecule has 0 fully saturated rings. The summed E-state index contributed by atoms with van der Waals surface area (Å²) in [7, 11) is 0. The minimum atomic E-state index is -1.52. The lowest BCUT2D eigenvalue weighted by molar-refractivity contribution is 0.221. The van der Waals surface area contributed by atoms with Gasteiger partial charge in [0.1, 0.15) is 11.5 Å². The highest BCUT2D eigenvalue weighted by Gasteiger charge is 2.19. The molecule has 84 valence electrons. The molecule has 4 heteroatoms. The summed E-state index contributed by atoms with van der Waals surface area (Å²) in [6.07, 6.45) is 0. The monoisotopic (exact) mass is 214 g/mol. The van der Waals surface area contributed by atoms with Gasteiger partial charge in [-0.05, 0) is 31.5 Å². The van der Waals surface area contributed by atoms with Gasteiger partial charge in [0.25, 0.3) is 0 Å². The molecule has 0 saturated carbocycles. The van der Waals surface area contributed by atoms with E-state index in [0.29, 0.717) is 24.3 Å². The SMILES string of the molecule is CC(C)(F)c1ccc(NCCN)c(F)c1. The predicted molar refractivity (Wildman–Crippen MR) is 58.1 cm³/mol. The number of hydrogen-bond acceptors (Lipinski definition) is 2. The Morgan fingerprint density at radius 1 is 1.40 bits per heavy atom. The van der Waals surface area contributed by atoms with Gasteiger partial charge in [-0.3, -0.25) is 0 Å². The average molecular weight is 214 g/mol. The Morgan fingerprint density at radius 2 is 2.07 bits per heavy atom. The van der Waals surface area contributed by atoms with Crippen LogP contribution in [0.15, 0.2) is 18.2 Å². The Labute approximate surface area is 88.5 Å². The predicted octanol–water partition coefficient (Wildman–Crippen LogP) is 2.40. The first kappa shape index (κ1) is 11.9. The number of rotatable bonds is 4. The summed E-state index contributed by atoms with van der Waals surface area (Å²) in [5.41, 5.74) is 4.45. The van der Waals surface area contributed by atoms with Gasteiger partial charge in [-0.25, -0.2) is 8.78 Å². The fraction of sp³-hybridized carbons (Fsp3) is 0.455. The molecule has 0 heterocycles. The lowest BCUT2D eigenvalue weighted by Crippen LogP contribution is -2.15. The highest BCUT2D eigenvalue weighted by Crippen LogP contribution is 2.27. The lowest BCUT2D eigenvalue weighted by atomic mass is 10.00. The fourth-order valence-electron chi connectivity index (χ4n) is 1.24. The van der Waals surface area contributed by atoms with Gasteiger partial charge < -0.3 is 11.1 Å². The van der Waals surface area contributed by atoms with Crippen molar-refractivity contribution in [2.45, 2.75) is 19.5 Å². The third kappa shape index (κ3) is 3.16. The highest BCUT2D eigenvalue weighted by molar-refractivity contribution is 5.47. The number of alkyl halides is 1. The van der Waals surface area contributed by atoms with E-state index < -0.39 is 11.5 Å². The second-order valence-corrected chi connectivity index (χ2v) is 3.88. The molecule has 0 amide bonds. The van der Waals surface area contributed by atoms with Crippen LogP contribution in [0.4, 0.5) is 14.5 Å². The largest absolute Gasteiger partial charge is 0.381 e. The summed E-state index contributed by atoms with van der Waals surface area (Å²) >= 11 is 0. The minimum Gasteiger partial charge on any atom is -0.381 e. The van der Waals surface area contributed by atoms with Gasteiger partial charge in [-0.15, -0.1) is 0 Å². The third-order valence-electron chi connectivity index (χ3n) is 2.12. The third-order valence-corrected chi connectivity index (χ3v) is 2.12. The minimum absolute atomic E-state index is 0.332. The molecule has 0 saturated heterocycles. The van der Waals surface area contributed by atoms with Crippen LogP contribution in [-0.4, -0.2) is 13.1 Å². The van der Waals surface area contributed by atoms with Crippen LogP contribution >= 0.6 is 0 Å². The van der Waals surface area contributed by atoms with E-state index in [1.807, 2.05) is 0 Å². The zero-order valence-electron chi connectivity index (χ0n) is 8.98. The maximum Gasteiger partial charge on any atom is 0.146 e. The van der Waals surface area contributed by atoms with Gasteiger partial charge in [0.2, 0.25) is 0 Å². The molecule has 1 aromatic rings. The summed E-state index contributed by atoms with van der Waals surface area (Å²) in [5.74, 6) is -0.452. The van der Waals surface area contributed by atoms with Crippen molar-refractivity contribution in [3.63, 3.8) is 0 Å². The van der Waals surface area contributed by atoms with Crippen molar-refractivity contribution in [2.75, 3.05) is 18.4 Å². The zero-order valence-corrected chi connectivity index (χ0v) is 8.98. The van der Waals surface area contributed by atoms with Crippen LogP contribution in [0.3, 0.4) is 0 Å². The van der Waals surface area contributed by atoms with Gasteiger partial charge in [-0.2, -0.15) is 0 Å². The molecule has 0 aliphatic rings. The Kier molecular flexibility index (Phi) is 3.63. The highest BCUT2D eigenvalue weighted by atomic mass is 19.1. The molecule has 0 aliphatic heterocycles. The van der Waals surface area contributed by atoms with Crippen molar-refractivity contribution in [3.05, 3.63) is 29.6 Å². The number of benzene rings is 1. The summed E-state index contributed by atoms with van der Waals surface area (Å²) < 4.78 is 26.9. The van der Waals surface area contributed by atoms with Crippen molar-refractivity contribution >= 4 is 5.69 Å². The van der Waals surface area contributed by atoms with Gasteiger partial charge in [-0.1, -0.05) is 6.07 Å². The van der Waals surface area contributed by atoms with Crippen molar-refractivity contribution in [1.82, 2.24) is 0 Å². The zero-order chi connectivity index (χ0) is 11.5. The maximum absolute atomic E-state index is 13.5. The van der Waals surface area contributed by atoms with Gasteiger partial charge in [0.15, 0.2) is 0 Å². The molecule has 0 aliphatic carbocycles. The van der Waals surface area contributed by atoms with E-state index in [0.717, 1.165) is 0 Å². The number of nitrogens with two attached hydrogens (primary N) is 1. The summed E-state index contributed by atoms with van der Waals surface area (Å²) in [4.78, 5) is 0. The van der Waals surface area contributed by atoms with Crippen LogP contribution in [0.1, 0.15) is 19.4 Å². The van der Waals surface area contributed by atoms with E-state index >= 15 is 0 Å². The number of halogens is 2. The summed E-state index contributed by atoms with van der Waals surface area (Å²) in [6.45, 7) is 3.72. The van der Waals surface area contributed by atoms with E-state index in [9.17, 15) is 8.78 Å². The molecular weight excluding hydrogens is 198 g/mol. The van der Waals surface area contributed by atoms with Crippen molar-refractivity contribution < 1.29 is 8.78 Å². The molecule has 0 atom stereocenters. The Balaban J connectivity index is 2.88. The molecule has 0 radical (unpaired) electrons. The second-order valence-electron chi connectivity index (χ2n) is 3.88. The number of hydrogen-bond donors (Lipinski definition) is 2. The van der Waals surface area contributed by atoms with Crippen LogP contribution in [0, 0.1) is 5.82 Å². The van der Waals surface area contributed by atoms with Crippen LogP contribution in [0.5, 0.6) is 0 Å². The van der Waals surface area contributed by atoms with E-state index in [1.165, 1.54) is 26.0 Å². The molecule has 0 bridgehead atoms. The van der Waals surface area contributed by atoms with Crippen molar-refractivity contribution in [2.24, 2.45) is 5.73 Å². The van der Waals surface area contributed by atoms with Crippen LogP contribution in [0.2, 0.25) is 0 Å². The Bertz CT molecular complexity index is 332. The molecule has 15 heavy (non-hydrogen) atoms.